The Hall–Kier alpha value is -3.17. The third kappa shape index (κ3) is 4.85. The lowest BCUT2D eigenvalue weighted by atomic mass is 9.96. The van der Waals surface area contributed by atoms with Crippen LogP contribution in [-0.2, 0) is 20.0 Å². The first-order chi connectivity index (χ1) is 16.1. The second-order valence-electron chi connectivity index (χ2n) is 8.30. The van der Waals surface area contributed by atoms with Gasteiger partial charge in [0.15, 0.2) is 0 Å². The molecule has 3 aromatic carbocycles. The van der Waals surface area contributed by atoms with Gasteiger partial charge in [0.1, 0.15) is 0 Å². The molecule has 0 saturated carbocycles. The Morgan fingerprint density at radius 2 is 1.56 bits per heavy atom. The summed E-state index contributed by atoms with van der Waals surface area (Å²) in [5, 5.41) is 4.57. The predicted molar refractivity (Wildman–Crippen MR) is 135 cm³/mol. The Balaban J connectivity index is 1.73. The van der Waals surface area contributed by atoms with E-state index < -0.39 is 26.1 Å². The van der Waals surface area contributed by atoms with Crippen molar-refractivity contribution in [3.05, 3.63) is 95.1 Å². The number of rotatable bonds is 7. The van der Waals surface area contributed by atoms with E-state index in [2.05, 4.69) is 9.82 Å². The van der Waals surface area contributed by atoms with E-state index in [0.717, 1.165) is 22.3 Å². The zero-order chi connectivity index (χ0) is 24.5. The van der Waals surface area contributed by atoms with Gasteiger partial charge in [0.25, 0.3) is 10.0 Å². The van der Waals surface area contributed by atoms with Crippen LogP contribution in [0.4, 0.5) is 5.69 Å². The van der Waals surface area contributed by atoms with Crippen molar-refractivity contribution in [2.75, 3.05) is 10.5 Å². The molecule has 0 aromatic heterocycles. The first-order valence-corrected chi connectivity index (χ1v) is 14.0. The van der Waals surface area contributed by atoms with E-state index >= 15 is 0 Å². The molecule has 0 radical (unpaired) electrons. The lowest BCUT2D eigenvalue weighted by Crippen LogP contribution is -2.27. The summed E-state index contributed by atoms with van der Waals surface area (Å²) in [4.78, 5) is 0.186. The van der Waals surface area contributed by atoms with Crippen molar-refractivity contribution < 1.29 is 16.8 Å². The smallest absolute Gasteiger partial charge is 0.279 e. The topological polar surface area (TPSA) is 95.9 Å². The minimum atomic E-state index is -3.89. The van der Waals surface area contributed by atoms with E-state index in [1.807, 2.05) is 38.1 Å². The van der Waals surface area contributed by atoms with Gasteiger partial charge in [-0.15, -0.1) is 0 Å². The van der Waals surface area contributed by atoms with Crippen LogP contribution in [0.15, 0.2) is 82.8 Å². The molecule has 0 aliphatic carbocycles. The van der Waals surface area contributed by atoms with Gasteiger partial charge < -0.3 is 0 Å². The monoisotopic (exact) mass is 497 g/mol. The number of benzene rings is 3. The minimum Gasteiger partial charge on any atom is -0.284 e. The van der Waals surface area contributed by atoms with Gasteiger partial charge >= 0.3 is 0 Å². The largest absolute Gasteiger partial charge is 0.284 e. The minimum absolute atomic E-state index is 0.0224. The SMILES string of the molecule is CCS(=O)(=O)Nc1ccc(C2=NN(S(=O)(=O)c3ccc(C)cc3)[C@H](c3ccccc3C)C2)cc1. The molecule has 9 heteroatoms. The van der Waals surface area contributed by atoms with E-state index in [0.29, 0.717) is 17.8 Å². The van der Waals surface area contributed by atoms with Gasteiger partial charge in [-0.25, -0.2) is 8.42 Å². The molecule has 1 N–H and O–H groups in total. The van der Waals surface area contributed by atoms with Crippen LogP contribution in [-0.4, -0.2) is 32.7 Å². The molecule has 0 spiro atoms. The number of hydrazone groups is 1. The fraction of sp³-hybridized carbons (Fsp3) is 0.240. The second-order valence-corrected chi connectivity index (χ2v) is 12.1. The average molecular weight is 498 g/mol. The van der Waals surface area contributed by atoms with Crippen molar-refractivity contribution in [3.8, 4) is 0 Å². The highest BCUT2D eigenvalue weighted by Crippen LogP contribution is 2.38. The second kappa shape index (κ2) is 9.23. The Bertz CT molecular complexity index is 1430. The van der Waals surface area contributed by atoms with E-state index in [1.54, 1.807) is 55.5 Å². The highest BCUT2D eigenvalue weighted by atomic mass is 32.2. The van der Waals surface area contributed by atoms with Crippen LogP contribution in [0.25, 0.3) is 0 Å². The number of aryl methyl sites for hydroxylation is 2. The highest BCUT2D eigenvalue weighted by molar-refractivity contribution is 7.92. The molecule has 0 saturated heterocycles. The van der Waals surface area contributed by atoms with Crippen LogP contribution < -0.4 is 4.72 Å². The van der Waals surface area contributed by atoms with Crippen LogP contribution in [0.5, 0.6) is 0 Å². The van der Waals surface area contributed by atoms with Crippen molar-refractivity contribution in [3.63, 3.8) is 0 Å². The molecule has 0 fully saturated rings. The molecule has 0 bridgehead atoms. The van der Waals surface area contributed by atoms with Gasteiger partial charge in [-0.1, -0.05) is 54.1 Å². The molecule has 7 nitrogen and oxygen atoms in total. The molecule has 1 aliphatic rings. The molecule has 1 aliphatic heterocycles. The van der Waals surface area contributed by atoms with E-state index in [9.17, 15) is 16.8 Å². The third-order valence-corrected chi connectivity index (χ3v) is 8.86. The maximum atomic E-state index is 13.6. The molecule has 178 valence electrons. The number of hydrogen-bond donors (Lipinski definition) is 1. The van der Waals surface area contributed by atoms with E-state index in [4.69, 9.17) is 0 Å². The Morgan fingerprint density at radius 1 is 0.912 bits per heavy atom. The summed E-state index contributed by atoms with van der Waals surface area (Å²) in [7, 11) is -7.28. The summed E-state index contributed by atoms with van der Waals surface area (Å²) < 4.78 is 54.6. The lowest BCUT2D eigenvalue weighted by molar-refractivity contribution is 0.370. The van der Waals surface area contributed by atoms with Crippen molar-refractivity contribution in [2.45, 2.75) is 38.1 Å². The molecule has 1 heterocycles. The number of sulfonamides is 2. The quantitative estimate of drug-likeness (QED) is 0.516. The maximum absolute atomic E-state index is 13.6. The van der Waals surface area contributed by atoms with Gasteiger partial charge in [0.2, 0.25) is 10.0 Å². The summed E-state index contributed by atoms with van der Waals surface area (Å²) in [5.41, 5.74) is 4.65. The zero-order valence-electron chi connectivity index (χ0n) is 19.3. The Kier molecular flexibility index (Phi) is 6.51. The molecule has 0 amide bonds. The first kappa shape index (κ1) is 24.0. The fourth-order valence-corrected chi connectivity index (χ4v) is 5.94. The summed E-state index contributed by atoms with van der Waals surface area (Å²) in [6.45, 7) is 5.43. The predicted octanol–water partition coefficient (Wildman–Crippen LogP) is 4.61. The summed E-state index contributed by atoms with van der Waals surface area (Å²) in [6, 6.07) is 20.8. The van der Waals surface area contributed by atoms with Crippen LogP contribution in [0.3, 0.4) is 0 Å². The van der Waals surface area contributed by atoms with Gasteiger partial charge in [-0.2, -0.15) is 17.9 Å². The van der Waals surface area contributed by atoms with Gasteiger partial charge in [-0.3, -0.25) is 4.72 Å². The first-order valence-electron chi connectivity index (χ1n) is 11.0. The summed E-state index contributed by atoms with van der Waals surface area (Å²) in [6.07, 6.45) is 0.399. The average Bonchev–Trinajstić information content (AvgIpc) is 3.26. The van der Waals surface area contributed by atoms with Gasteiger partial charge in [0.05, 0.1) is 22.4 Å². The Morgan fingerprint density at radius 3 is 2.18 bits per heavy atom. The van der Waals surface area contributed by atoms with Crippen molar-refractivity contribution in [1.82, 2.24) is 4.41 Å². The zero-order valence-corrected chi connectivity index (χ0v) is 20.9. The number of anilines is 1. The molecule has 0 unspecified atom stereocenters. The Labute approximate surface area is 201 Å². The molecule has 4 rings (SSSR count). The van der Waals surface area contributed by atoms with Crippen LogP contribution in [0, 0.1) is 13.8 Å². The van der Waals surface area contributed by atoms with Crippen molar-refractivity contribution >= 4 is 31.4 Å². The van der Waals surface area contributed by atoms with Crippen LogP contribution >= 0.6 is 0 Å². The summed E-state index contributed by atoms with van der Waals surface area (Å²) >= 11 is 0. The van der Waals surface area contributed by atoms with Gasteiger partial charge in [-0.05, 0) is 61.7 Å². The van der Waals surface area contributed by atoms with Crippen LogP contribution in [0.1, 0.15) is 41.6 Å². The van der Waals surface area contributed by atoms with Crippen molar-refractivity contribution in [2.24, 2.45) is 5.10 Å². The molecule has 34 heavy (non-hydrogen) atoms. The maximum Gasteiger partial charge on any atom is 0.279 e. The lowest BCUT2D eigenvalue weighted by Gasteiger charge is -2.24. The normalized spacial score (nSPS) is 16.4. The van der Waals surface area contributed by atoms with E-state index in [-0.39, 0.29) is 10.6 Å². The molecule has 3 aromatic rings. The van der Waals surface area contributed by atoms with E-state index in [1.165, 1.54) is 4.41 Å². The molecular formula is C25H27N3O4S2. The number of nitrogens with zero attached hydrogens (tertiary/aromatic N) is 2. The van der Waals surface area contributed by atoms with Crippen molar-refractivity contribution in [1.29, 1.82) is 0 Å². The standard InChI is InChI=1S/C25H27N3O4S2/c1-4-33(29,30)27-21-13-11-20(12-14-21)24-17-25(23-8-6-5-7-19(23)3)28(26-24)34(31,32)22-15-9-18(2)10-16-22/h5-16,25,27H,4,17H2,1-3H3/t25-/m0/s1. The molecule has 1 atom stereocenters. The van der Waals surface area contributed by atoms with Crippen LogP contribution in [0.2, 0.25) is 0 Å². The molecular weight excluding hydrogens is 470 g/mol. The van der Waals surface area contributed by atoms with Gasteiger partial charge in [0, 0.05) is 12.1 Å². The fourth-order valence-electron chi connectivity index (χ4n) is 3.88. The summed E-state index contributed by atoms with van der Waals surface area (Å²) in [5.74, 6) is -0.0224. The number of hydrogen-bond acceptors (Lipinski definition) is 5. The third-order valence-electron chi connectivity index (χ3n) is 5.86. The number of nitrogens with one attached hydrogen (secondary N) is 1. The highest BCUT2D eigenvalue weighted by Gasteiger charge is 2.38.